The molecule has 2 nitrogen and oxygen atoms in total. The van der Waals surface area contributed by atoms with Gasteiger partial charge in [-0.15, -0.1) is 0 Å². The summed E-state index contributed by atoms with van der Waals surface area (Å²) in [4.78, 5) is 11.4. The third-order valence-electron chi connectivity index (χ3n) is 2.01. The maximum absolute atomic E-state index is 11.4. The summed E-state index contributed by atoms with van der Waals surface area (Å²) in [5, 5.41) is 0. The molecule has 0 aromatic rings. The van der Waals surface area contributed by atoms with Crippen LogP contribution in [-0.2, 0) is 9.53 Å². The van der Waals surface area contributed by atoms with Crippen LogP contribution in [0.5, 0.6) is 0 Å². The highest BCUT2D eigenvalue weighted by atomic mass is 16.5. The van der Waals surface area contributed by atoms with Crippen molar-refractivity contribution in [3.63, 3.8) is 0 Å². The van der Waals surface area contributed by atoms with Crippen LogP contribution in [0.4, 0.5) is 0 Å². The van der Waals surface area contributed by atoms with Crippen LogP contribution in [0.2, 0.25) is 0 Å². The molecule has 2 rings (SSSR count). The zero-order valence-electron chi connectivity index (χ0n) is 7.86. The first-order valence-corrected chi connectivity index (χ1v) is 4.43. The molecule has 0 spiro atoms. The monoisotopic (exact) mass is 186 g/mol. The Hall–Kier alpha value is -1.83. The molecule has 2 aliphatic rings. The molecule has 0 radical (unpaired) electrons. The Labute approximate surface area is 82.6 Å². The first kappa shape index (κ1) is 8.75. The van der Waals surface area contributed by atoms with E-state index in [2.05, 4.69) is 0 Å². The zero-order chi connectivity index (χ0) is 9.97. The summed E-state index contributed by atoms with van der Waals surface area (Å²) in [5.41, 5.74) is 1.67. The fourth-order valence-electron chi connectivity index (χ4n) is 1.04. The summed E-state index contributed by atoms with van der Waals surface area (Å²) in [6.45, 7) is 1.75. The SMILES string of the molecule is CC(=CC1=CC=C1)C(=O)OC1=CC=C1. The Morgan fingerprint density at radius 3 is 2.36 bits per heavy atom. The molecule has 0 unspecified atom stereocenters. The van der Waals surface area contributed by atoms with E-state index in [4.69, 9.17) is 4.74 Å². The lowest BCUT2D eigenvalue weighted by Crippen LogP contribution is -2.06. The molecule has 0 saturated heterocycles. The second-order valence-corrected chi connectivity index (χ2v) is 3.17. The van der Waals surface area contributed by atoms with Gasteiger partial charge >= 0.3 is 5.97 Å². The highest BCUT2D eigenvalue weighted by molar-refractivity contribution is 5.89. The van der Waals surface area contributed by atoms with Gasteiger partial charge in [0.15, 0.2) is 0 Å². The van der Waals surface area contributed by atoms with Crippen molar-refractivity contribution < 1.29 is 9.53 Å². The van der Waals surface area contributed by atoms with E-state index in [1.165, 1.54) is 0 Å². The predicted molar refractivity (Wildman–Crippen MR) is 54.3 cm³/mol. The van der Waals surface area contributed by atoms with Crippen molar-refractivity contribution in [2.45, 2.75) is 6.92 Å². The van der Waals surface area contributed by atoms with E-state index in [1.54, 1.807) is 19.1 Å². The van der Waals surface area contributed by atoms with Gasteiger partial charge in [0.25, 0.3) is 0 Å². The van der Waals surface area contributed by atoms with Crippen LogP contribution < -0.4 is 0 Å². The fraction of sp³-hybridized carbons (Fsp3) is 0.0833. The number of carbonyl (C=O) groups is 1. The average molecular weight is 186 g/mol. The number of ether oxygens (including phenoxy) is 1. The van der Waals surface area contributed by atoms with Gasteiger partial charge in [-0.05, 0) is 30.7 Å². The quantitative estimate of drug-likeness (QED) is 0.499. The summed E-state index contributed by atoms with van der Waals surface area (Å²) in [6.07, 6.45) is 13.0. The lowest BCUT2D eigenvalue weighted by Gasteiger charge is -2.09. The van der Waals surface area contributed by atoms with E-state index in [9.17, 15) is 4.79 Å². The number of allylic oxidation sites excluding steroid dienone is 8. The van der Waals surface area contributed by atoms with Crippen LogP contribution in [0.25, 0.3) is 0 Å². The van der Waals surface area contributed by atoms with Crippen LogP contribution in [0.3, 0.4) is 0 Å². The molecule has 14 heavy (non-hydrogen) atoms. The van der Waals surface area contributed by atoms with Crippen molar-refractivity contribution in [2.75, 3.05) is 0 Å². The molecule has 0 atom stereocenters. The Morgan fingerprint density at radius 2 is 1.93 bits per heavy atom. The minimum absolute atomic E-state index is 0.290. The van der Waals surface area contributed by atoms with Gasteiger partial charge in [0.1, 0.15) is 5.76 Å². The molecule has 2 aliphatic carbocycles. The molecule has 0 bridgehead atoms. The molecule has 0 saturated carbocycles. The number of rotatable bonds is 3. The average Bonchev–Trinajstić information content (AvgIpc) is 2.03. The van der Waals surface area contributed by atoms with E-state index in [0.29, 0.717) is 11.3 Å². The fourth-order valence-corrected chi connectivity index (χ4v) is 1.04. The Bertz CT molecular complexity index is 418. The van der Waals surface area contributed by atoms with Crippen LogP contribution in [-0.4, -0.2) is 5.97 Å². The third kappa shape index (κ3) is 1.74. The lowest BCUT2D eigenvalue weighted by molar-refractivity contribution is -0.134. The van der Waals surface area contributed by atoms with Gasteiger partial charge in [-0.25, -0.2) is 4.79 Å². The van der Waals surface area contributed by atoms with Gasteiger partial charge in [0, 0.05) is 5.57 Å². The predicted octanol–water partition coefficient (Wildman–Crippen LogP) is 2.43. The van der Waals surface area contributed by atoms with Crippen molar-refractivity contribution in [3.8, 4) is 0 Å². The van der Waals surface area contributed by atoms with Gasteiger partial charge < -0.3 is 4.74 Å². The zero-order valence-corrected chi connectivity index (χ0v) is 7.86. The molecule has 2 heteroatoms. The van der Waals surface area contributed by atoms with Gasteiger partial charge in [-0.3, -0.25) is 0 Å². The first-order chi connectivity index (χ1) is 6.75. The summed E-state index contributed by atoms with van der Waals surface area (Å²) >= 11 is 0. The van der Waals surface area contributed by atoms with Gasteiger partial charge in [-0.2, -0.15) is 0 Å². The van der Waals surface area contributed by atoms with E-state index in [-0.39, 0.29) is 5.97 Å². The minimum Gasteiger partial charge on any atom is -0.423 e. The number of hydrogen-bond acceptors (Lipinski definition) is 2. The van der Waals surface area contributed by atoms with Crippen LogP contribution >= 0.6 is 0 Å². The van der Waals surface area contributed by atoms with Crippen LogP contribution in [0.1, 0.15) is 6.92 Å². The molecule has 70 valence electrons. The van der Waals surface area contributed by atoms with Crippen molar-refractivity contribution in [1.29, 1.82) is 0 Å². The molecule has 0 N–H and O–H groups in total. The highest BCUT2D eigenvalue weighted by Gasteiger charge is 2.10. The molecule has 0 aromatic carbocycles. The number of carbonyl (C=O) groups excluding carboxylic acids is 1. The van der Waals surface area contributed by atoms with Crippen molar-refractivity contribution in [3.05, 3.63) is 59.4 Å². The highest BCUT2D eigenvalue weighted by Crippen LogP contribution is 2.15. The largest absolute Gasteiger partial charge is 0.423 e. The van der Waals surface area contributed by atoms with Gasteiger partial charge in [0.2, 0.25) is 0 Å². The topological polar surface area (TPSA) is 26.3 Å². The van der Waals surface area contributed by atoms with E-state index < -0.39 is 0 Å². The summed E-state index contributed by atoms with van der Waals surface area (Å²) in [7, 11) is 0. The number of hydrogen-bond donors (Lipinski definition) is 0. The first-order valence-electron chi connectivity index (χ1n) is 4.43. The molecule has 0 aliphatic heterocycles. The maximum Gasteiger partial charge on any atom is 0.339 e. The third-order valence-corrected chi connectivity index (χ3v) is 2.01. The van der Waals surface area contributed by atoms with Gasteiger partial charge in [-0.1, -0.05) is 24.3 Å². The Balaban J connectivity index is 1.93. The van der Waals surface area contributed by atoms with Crippen LogP contribution in [0.15, 0.2) is 59.4 Å². The maximum atomic E-state index is 11.4. The Kier molecular flexibility index (Phi) is 2.19. The smallest absolute Gasteiger partial charge is 0.339 e. The van der Waals surface area contributed by atoms with E-state index in [0.717, 1.165) is 5.57 Å². The Morgan fingerprint density at radius 1 is 1.29 bits per heavy atom. The van der Waals surface area contributed by atoms with E-state index >= 15 is 0 Å². The standard InChI is InChI=1S/C12H10O2/c1-9(8-10-4-2-5-10)12(13)14-11-6-3-7-11/h2-8H,1H3. The second kappa shape index (κ2) is 3.50. The molecule has 0 aromatic heterocycles. The molecular weight excluding hydrogens is 176 g/mol. The second-order valence-electron chi connectivity index (χ2n) is 3.17. The van der Waals surface area contributed by atoms with Gasteiger partial charge in [0.05, 0.1) is 0 Å². The van der Waals surface area contributed by atoms with E-state index in [1.807, 2.05) is 30.4 Å². The number of esters is 1. The van der Waals surface area contributed by atoms with Crippen LogP contribution in [0, 0.1) is 0 Å². The molecule has 0 fully saturated rings. The normalized spacial score (nSPS) is 17.9. The van der Waals surface area contributed by atoms with Crippen molar-refractivity contribution in [2.24, 2.45) is 0 Å². The molecule has 0 amide bonds. The molecular formula is C12H10O2. The summed E-state index contributed by atoms with van der Waals surface area (Å²) < 4.78 is 5.03. The lowest BCUT2D eigenvalue weighted by atomic mass is 10.1. The summed E-state index contributed by atoms with van der Waals surface area (Å²) in [6, 6.07) is 0. The molecule has 0 heterocycles. The minimum atomic E-state index is -0.290. The van der Waals surface area contributed by atoms with Crippen molar-refractivity contribution >= 4 is 5.97 Å². The summed E-state index contributed by atoms with van der Waals surface area (Å²) in [5.74, 6) is 0.336. The van der Waals surface area contributed by atoms with Crippen molar-refractivity contribution in [1.82, 2.24) is 0 Å².